The SMILES string of the molecule is C(=Cc1ccccc1OCc1cccnc1)c1nc2ccccc2s1. The van der Waals surface area contributed by atoms with Gasteiger partial charge in [0, 0.05) is 23.5 Å². The highest BCUT2D eigenvalue weighted by atomic mass is 32.1. The highest BCUT2D eigenvalue weighted by molar-refractivity contribution is 7.19. The van der Waals surface area contributed by atoms with E-state index in [1.165, 1.54) is 4.70 Å². The molecule has 0 bridgehead atoms. The van der Waals surface area contributed by atoms with Gasteiger partial charge in [0.2, 0.25) is 0 Å². The maximum Gasteiger partial charge on any atom is 0.127 e. The van der Waals surface area contributed by atoms with Crippen molar-refractivity contribution in [2.24, 2.45) is 0 Å². The van der Waals surface area contributed by atoms with Crippen molar-refractivity contribution in [3.05, 3.63) is 89.2 Å². The molecule has 0 aliphatic heterocycles. The molecule has 0 N–H and O–H groups in total. The second kappa shape index (κ2) is 7.28. The van der Waals surface area contributed by atoms with Gasteiger partial charge in [-0.2, -0.15) is 0 Å². The lowest BCUT2D eigenvalue weighted by atomic mass is 10.2. The zero-order valence-electron chi connectivity index (χ0n) is 13.5. The molecule has 0 unspecified atom stereocenters. The van der Waals surface area contributed by atoms with E-state index in [1.807, 2.05) is 66.9 Å². The van der Waals surface area contributed by atoms with E-state index in [1.54, 1.807) is 17.5 Å². The Bertz CT molecular complexity index is 976. The van der Waals surface area contributed by atoms with Crippen LogP contribution in [0.5, 0.6) is 5.75 Å². The van der Waals surface area contributed by atoms with Crippen molar-refractivity contribution in [2.75, 3.05) is 0 Å². The molecule has 0 atom stereocenters. The minimum Gasteiger partial charge on any atom is -0.488 e. The number of para-hydroxylation sites is 2. The van der Waals surface area contributed by atoms with Gasteiger partial charge in [-0.15, -0.1) is 11.3 Å². The van der Waals surface area contributed by atoms with E-state index in [4.69, 9.17) is 4.74 Å². The molecule has 0 amide bonds. The fourth-order valence-corrected chi connectivity index (χ4v) is 3.39. The van der Waals surface area contributed by atoms with Gasteiger partial charge in [-0.05, 0) is 36.4 Å². The van der Waals surface area contributed by atoms with Crippen LogP contribution < -0.4 is 4.74 Å². The highest BCUT2D eigenvalue weighted by Crippen LogP contribution is 2.25. The molecule has 2 heterocycles. The van der Waals surface area contributed by atoms with E-state index in [9.17, 15) is 0 Å². The number of hydrogen-bond acceptors (Lipinski definition) is 4. The minimum atomic E-state index is 0.500. The molecule has 122 valence electrons. The Morgan fingerprint density at radius 2 is 1.80 bits per heavy atom. The molecule has 25 heavy (non-hydrogen) atoms. The number of nitrogens with zero attached hydrogens (tertiary/aromatic N) is 2. The summed E-state index contributed by atoms with van der Waals surface area (Å²) in [5.41, 5.74) is 3.12. The van der Waals surface area contributed by atoms with Crippen LogP contribution in [0.4, 0.5) is 0 Å². The largest absolute Gasteiger partial charge is 0.488 e. The average molecular weight is 344 g/mol. The average Bonchev–Trinajstić information content (AvgIpc) is 3.09. The number of fused-ring (bicyclic) bond motifs is 1. The summed E-state index contributed by atoms with van der Waals surface area (Å²) in [6, 6.07) is 20.1. The van der Waals surface area contributed by atoms with Crippen LogP contribution in [-0.4, -0.2) is 9.97 Å². The molecule has 0 spiro atoms. The van der Waals surface area contributed by atoms with Gasteiger partial charge in [-0.25, -0.2) is 4.98 Å². The lowest BCUT2D eigenvalue weighted by Crippen LogP contribution is -1.97. The first kappa shape index (κ1) is 15.5. The van der Waals surface area contributed by atoms with E-state index < -0.39 is 0 Å². The molecule has 0 radical (unpaired) electrons. The van der Waals surface area contributed by atoms with Crippen molar-refractivity contribution in [3.8, 4) is 5.75 Å². The molecule has 4 aromatic rings. The lowest BCUT2D eigenvalue weighted by Gasteiger charge is -2.08. The number of aromatic nitrogens is 2. The van der Waals surface area contributed by atoms with Crippen molar-refractivity contribution in [3.63, 3.8) is 0 Å². The van der Waals surface area contributed by atoms with Gasteiger partial charge in [0.15, 0.2) is 0 Å². The molecule has 2 aromatic carbocycles. The highest BCUT2D eigenvalue weighted by Gasteiger charge is 2.03. The molecule has 0 aliphatic carbocycles. The molecule has 3 nitrogen and oxygen atoms in total. The summed E-state index contributed by atoms with van der Waals surface area (Å²) in [5.74, 6) is 0.851. The molecular formula is C21H16N2OS. The molecule has 2 aromatic heterocycles. The normalized spacial score (nSPS) is 11.2. The number of hydrogen-bond donors (Lipinski definition) is 0. The maximum absolute atomic E-state index is 5.96. The molecule has 0 saturated carbocycles. The standard InChI is InChI=1S/C21H16N2OS/c1-3-9-19(24-15-16-6-5-13-22-14-16)17(7-1)11-12-21-23-18-8-2-4-10-20(18)25-21/h1-14H,15H2. The molecule has 0 aliphatic rings. The van der Waals surface area contributed by atoms with Crippen molar-refractivity contribution >= 4 is 33.7 Å². The first-order valence-corrected chi connectivity index (χ1v) is 8.84. The lowest BCUT2D eigenvalue weighted by molar-refractivity contribution is 0.305. The Kier molecular flexibility index (Phi) is 4.53. The predicted molar refractivity (Wildman–Crippen MR) is 104 cm³/mol. The van der Waals surface area contributed by atoms with Crippen LogP contribution >= 0.6 is 11.3 Å². The van der Waals surface area contributed by atoms with E-state index in [2.05, 4.69) is 22.1 Å². The summed E-state index contributed by atoms with van der Waals surface area (Å²) in [4.78, 5) is 8.75. The number of rotatable bonds is 5. The third-order valence-electron chi connectivity index (χ3n) is 3.75. The van der Waals surface area contributed by atoms with Gasteiger partial charge in [0.1, 0.15) is 17.4 Å². The van der Waals surface area contributed by atoms with E-state index in [-0.39, 0.29) is 0 Å². The topological polar surface area (TPSA) is 35.0 Å². The first-order valence-electron chi connectivity index (χ1n) is 8.03. The quantitative estimate of drug-likeness (QED) is 0.483. The van der Waals surface area contributed by atoms with Crippen LogP contribution in [0.1, 0.15) is 16.1 Å². The van der Waals surface area contributed by atoms with Crippen LogP contribution in [0.25, 0.3) is 22.4 Å². The van der Waals surface area contributed by atoms with Crippen LogP contribution in [0, 0.1) is 0 Å². The second-order valence-corrected chi connectivity index (χ2v) is 6.60. The van der Waals surface area contributed by atoms with Crippen molar-refractivity contribution in [2.45, 2.75) is 6.61 Å². The Balaban J connectivity index is 1.54. The number of pyridine rings is 1. The monoisotopic (exact) mass is 344 g/mol. The van der Waals surface area contributed by atoms with Gasteiger partial charge in [0.25, 0.3) is 0 Å². The number of thiazole rings is 1. The minimum absolute atomic E-state index is 0.500. The van der Waals surface area contributed by atoms with Crippen LogP contribution in [-0.2, 0) is 6.61 Å². The van der Waals surface area contributed by atoms with Gasteiger partial charge in [0.05, 0.1) is 10.2 Å². The third-order valence-corrected chi connectivity index (χ3v) is 4.75. The predicted octanol–water partition coefficient (Wildman–Crippen LogP) is 5.44. The summed E-state index contributed by atoms with van der Waals surface area (Å²) in [6.07, 6.45) is 7.67. The smallest absolute Gasteiger partial charge is 0.127 e. The molecule has 4 heteroatoms. The third kappa shape index (κ3) is 3.75. The van der Waals surface area contributed by atoms with Crippen LogP contribution in [0.3, 0.4) is 0 Å². The van der Waals surface area contributed by atoms with Crippen molar-refractivity contribution in [1.29, 1.82) is 0 Å². The van der Waals surface area contributed by atoms with E-state index >= 15 is 0 Å². The van der Waals surface area contributed by atoms with Gasteiger partial charge < -0.3 is 4.74 Å². The zero-order valence-corrected chi connectivity index (χ0v) is 14.3. The Morgan fingerprint density at radius 3 is 2.68 bits per heavy atom. The summed E-state index contributed by atoms with van der Waals surface area (Å²) in [7, 11) is 0. The summed E-state index contributed by atoms with van der Waals surface area (Å²) >= 11 is 1.69. The van der Waals surface area contributed by atoms with Crippen LogP contribution in [0.2, 0.25) is 0 Å². The number of ether oxygens (including phenoxy) is 1. The number of benzene rings is 2. The first-order chi connectivity index (χ1) is 12.4. The molecule has 0 saturated heterocycles. The zero-order chi connectivity index (χ0) is 16.9. The van der Waals surface area contributed by atoms with Crippen molar-refractivity contribution < 1.29 is 4.74 Å². The molecule has 4 rings (SSSR count). The van der Waals surface area contributed by atoms with Gasteiger partial charge in [-0.3, -0.25) is 4.98 Å². The Morgan fingerprint density at radius 1 is 0.920 bits per heavy atom. The van der Waals surface area contributed by atoms with Crippen molar-refractivity contribution in [1.82, 2.24) is 9.97 Å². The summed E-state index contributed by atoms with van der Waals surface area (Å²) in [5, 5.41) is 0.989. The van der Waals surface area contributed by atoms with Gasteiger partial charge >= 0.3 is 0 Å². The van der Waals surface area contributed by atoms with E-state index in [0.717, 1.165) is 27.4 Å². The van der Waals surface area contributed by atoms with Crippen LogP contribution in [0.15, 0.2) is 73.1 Å². The summed E-state index contributed by atoms with van der Waals surface area (Å²) in [6.45, 7) is 0.500. The molecular weight excluding hydrogens is 328 g/mol. The maximum atomic E-state index is 5.96. The Hall–Kier alpha value is -2.98. The Labute approximate surface area is 150 Å². The van der Waals surface area contributed by atoms with E-state index in [0.29, 0.717) is 6.61 Å². The summed E-state index contributed by atoms with van der Waals surface area (Å²) < 4.78 is 7.16. The molecule has 0 fully saturated rings. The second-order valence-electron chi connectivity index (χ2n) is 5.54. The fraction of sp³-hybridized carbons (Fsp3) is 0.0476. The fourth-order valence-electron chi connectivity index (χ4n) is 2.52. The van der Waals surface area contributed by atoms with Gasteiger partial charge in [-0.1, -0.05) is 36.4 Å².